The number of nitrogens with one attached hydrogen (secondary N) is 2. The van der Waals surface area contributed by atoms with Crippen molar-refractivity contribution < 1.29 is 9.72 Å². The van der Waals surface area contributed by atoms with Crippen LogP contribution in [-0.2, 0) is 0 Å². The summed E-state index contributed by atoms with van der Waals surface area (Å²) in [6, 6.07) is 5.55. The maximum Gasteiger partial charge on any atom is 0.319 e. The van der Waals surface area contributed by atoms with Gasteiger partial charge in [-0.3, -0.25) is 10.1 Å². The standard InChI is InChI=1S/C10H9N3O3/c14-10-11-6-5-9(12-10)7-1-3-8(4-2-7)13(15)16/h1-6,9H,(H2,11,12,14). The average molecular weight is 219 g/mol. The van der Waals surface area contributed by atoms with Crippen molar-refractivity contribution >= 4 is 11.7 Å². The van der Waals surface area contributed by atoms with Crippen LogP contribution in [0.2, 0.25) is 0 Å². The molecule has 2 rings (SSSR count). The number of carbonyl (C=O) groups excluding carboxylic acids is 1. The molecule has 2 amide bonds. The van der Waals surface area contributed by atoms with Crippen molar-refractivity contribution in [2.75, 3.05) is 0 Å². The second-order valence-corrected chi connectivity index (χ2v) is 3.30. The number of amides is 2. The van der Waals surface area contributed by atoms with Gasteiger partial charge in [-0.1, -0.05) is 0 Å². The number of nitro groups is 1. The summed E-state index contributed by atoms with van der Waals surface area (Å²) in [5, 5.41) is 15.6. The normalized spacial score (nSPS) is 18.8. The summed E-state index contributed by atoms with van der Waals surface area (Å²) in [5.74, 6) is 0. The Hall–Kier alpha value is -2.37. The highest BCUT2D eigenvalue weighted by Crippen LogP contribution is 2.19. The average Bonchev–Trinajstić information content (AvgIpc) is 2.29. The first-order chi connectivity index (χ1) is 7.66. The first-order valence-corrected chi connectivity index (χ1v) is 4.65. The number of non-ortho nitro benzene ring substituents is 1. The first-order valence-electron chi connectivity index (χ1n) is 4.65. The van der Waals surface area contributed by atoms with Gasteiger partial charge in [0.1, 0.15) is 0 Å². The summed E-state index contributed by atoms with van der Waals surface area (Å²) >= 11 is 0. The molecule has 1 aliphatic heterocycles. The van der Waals surface area contributed by atoms with Crippen LogP contribution in [-0.4, -0.2) is 11.0 Å². The van der Waals surface area contributed by atoms with Crippen LogP contribution >= 0.6 is 0 Å². The number of nitro benzene ring substituents is 1. The lowest BCUT2D eigenvalue weighted by atomic mass is 10.1. The van der Waals surface area contributed by atoms with Gasteiger partial charge >= 0.3 is 6.03 Å². The molecule has 6 nitrogen and oxygen atoms in total. The molecule has 2 N–H and O–H groups in total. The summed E-state index contributed by atoms with van der Waals surface area (Å²) < 4.78 is 0. The fourth-order valence-electron chi connectivity index (χ4n) is 1.45. The second kappa shape index (κ2) is 4.01. The minimum atomic E-state index is -0.458. The predicted octanol–water partition coefficient (Wildman–Crippen LogP) is 1.46. The molecule has 0 radical (unpaired) electrons. The van der Waals surface area contributed by atoms with Gasteiger partial charge < -0.3 is 10.6 Å². The second-order valence-electron chi connectivity index (χ2n) is 3.30. The highest BCUT2D eigenvalue weighted by Gasteiger charge is 2.15. The third kappa shape index (κ3) is 2.00. The minimum Gasteiger partial charge on any atom is -0.328 e. The molecule has 1 atom stereocenters. The Balaban J connectivity index is 2.21. The van der Waals surface area contributed by atoms with Gasteiger partial charge in [-0.05, 0) is 23.8 Å². The molecule has 1 aliphatic rings. The quantitative estimate of drug-likeness (QED) is 0.583. The summed E-state index contributed by atoms with van der Waals surface area (Å²) in [7, 11) is 0. The molecule has 1 aromatic rings. The van der Waals surface area contributed by atoms with Crippen LogP contribution in [0.1, 0.15) is 11.6 Å². The fraction of sp³-hybridized carbons (Fsp3) is 0.100. The molecule has 16 heavy (non-hydrogen) atoms. The van der Waals surface area contributed by atoms with E-state index in [1.807, 2.05) is 0 Å². The third-order valence-electron chi connectivity index (χ3n) is 2.25. The van der Waals surface area contributed by atoms with E-state index in [2.05, 4.69) is 10.6 Å². The molecule has 0 saturated carbocycles. The van der Waals surface area contributed by atoms with Crippen LogP contribution in [0.15, 0.2) is 36.5 Å². The van der Waals surface area contributed by atoms with E-state index < -0.39 is 4.92 Å². The van der Waals surface area contributed by atoms with Crippen molar-refractivity contribution in [3.05, 3.63) is 52.2 Å². The largest absolute Gasteiger partial charge is 0.328 e. The van der Waals surface area contributed by atoms with E-state index in [0.29, 0.717) is 0 Å². The molecule has 0 saturated heterocycles. The molecule has 82 valence electrons. The van der Waals surface area contributed by atoms with Crippen LogP contribution in [0.3, 0.4) is 0 Å². The zero-order valence-electron chi connectivity index (χ0n) is 8.21. The number of benzene rings is 1. The SMILES string of the molecule is O=C1NC=CC(c2ccc([N+](=O)[O-])cc2)N1. The molecule has 0 fully saturated rings. The van der Waals surface area contributed by atoms with Crippen molar-refractivity contribution in [2.24, 2.45) is 0 Å². The minimum absolute atomic E-state index is 0.0352. The van der Waals surface area contributed by atoms with Crippen molar-refractivity contribution in [1.29, 1.82) is 0 Å². The van der Waals surface area contributed by atoms with Gasteiger partial charge in [-0.25, -0.2) is 4.79 Å². The monoisotopic (exact) mass is 219 g/mol. The highest BCUT2D eigenvalue weighted by atomic mass is 16.6. The molecule has 6 heteroatoms. The lowest BCUT2D eigenvalue weighted by Gasteiger charge is -2.18. The van der Waals surface area contributed by atoms with Crippen molar-refractivity contribution in [3.63, 3.8) is 0 Å². The van der Waals surface area contributed by atoms with E-state index >= 15 is 0 Å². The van der Waals surface area contributed by atoms with Crippen LogP contribution in [0.4, 0.5) is 10.5 Å². The van der Waals surface area contributed by atoms with Gasteiger partial charge in [-0.2, -0.15) is 0 Å². The van der Waals surface area contributed by atoms with Crippen LogP contribution in [0.25, 0.3) is 0 Å². The maximum atomic E-state index is 11.0. The molecule has 1 aromatic carbocycles. The van der Waals surface area contributed by atoms with Crippen LogP contribution in [0, 0.1) is 10.1 Å². The Morgan fingerprint density at radius 3 is 2.50 bits per heavy atom. The number of hydrogen-bond donors (Lipinski definition) is 2. The summed E-state index contributed by atoms with van der Waals surface area (Å²) in [6.07, 6.45) is 3.31. The summed E-state index contributed by atoms with van der Waals surface area (Å²) in [6.45, 7) is 0. The molecular weight excluding hydrogens is 210 g/mol. The Kier molecular flexibility index (Phi) is 2.55. The highest BCUT2D eigenvalue weighted by molar-refractivity contribution is 5.77. The zero-order valence-corrected chi connectivity index (χ0v) is 8.21. The Labute approximate surface area is 91.1 Å². The van der Waals surface area contributed by atoms with Gasteiger partial charge in [0.15, 0.2) is 0 Å². The number of urea groups is 1. The number of rotatable bonds is 2. The van der Waals surface area contributed by atoms with E-state index in [1.165, 1.54) is 12.1 Å². The lowest BCUT2D eigenvalue weighted by Crippen LogP contribution is -2.38. The van der Waals surface area contributed by atoms with E-state index in [-0.39, 0.29) is 17.8 Å². The first kappa shape index (κ1) is 10.2. The zero-order chi connectivity index (χ0) is 11.5. The molecule has 0 spiro atoms. The Bertz CT molecular complexity index is 453. The van der Waals surface area contributed by atoms with Gasteiger partial charge in [0.2, 0.25) is 0 Å². The third-order valence-corrected chi connectivity index (χ3v) is 2.25. The number of carbonyl (C=O) groups is 1. The molecular formula is C10H9N3O3. The lowest BCUT2D eigenvalue weighted by molar-refractivity contribution is -0.384. The summed E-state index contributed by atoms with van der Waals surface area (Å²) in [5.41, 5.74) is 0.838. The molecule has 0 aromatic heterocycles. The maximum absolute atomic E-state index is 11.0. The molecule has 0 aliphatic carbocycles. The van der Waals surface area contributed by atoms with E-state index in [0.717, 1.165) is 5.56 Å². The van der Waals surface area contributed by atoms with E-state index in [1.54, 1.807) is 24.4 Å². The van der Waals surface area contributed by atoms with Crippen molar-refractivity contribution in [1.82, 2.24) is 10.6 Å². The van der Waals surface area contributed by atoms with Gasteiger partial charge in [0.05, 0.1) is 11.0 Å². The van der Waals surface area contributed by atoms with Gasteiger partial charge in [0, 0.05) is 18.3 Å². The van der Waals surface area contributed by atoms with E-state index in [9.17, 15) is 14.9 Å². The molecule has 0 bridgehead atoms. The fourth-order valence-corrected chi connectivity index (χ4v) is 1.45. The van der Waals surface area contributed by atoms with Gasteiger partial charge in [0.25, 0.3) is 5.69 Å². The van der Waals surface area contributed by atoms with Crippen molar-refractivity contribution in [2.45, 2.75) is 6.04 Å². The smallest absolute Gasteiger partial charge is 0.319 e. The van der Waals surface area contributed by atoms with Crippen LogP contribution < -0.4 is 10.6 Å². The Morgan fingerprint density at radius 2 is 1.94 bits per heavy atom. The van der Waals surface area contributed by atoms with Gasteiger partial charge in [-0.15, -0.1) is 0 Å². The topological polar surface area (TPSA) is 84.3 Å². The van der Waals surface area contributed by atoms with Crippen LogP contribution in [0.5, 0.6) is 0 Å². The number of hydrogen-bond acceptors (Lipinski definition) is 3. The van der Waals surface area contributed by atoms with E-state index in [4.69, 9.17) is 0 Å². The predicted molar refractivity (Wildman–Crippen MR) is 56.6 cm³/mol. The van der Waals surface area contributed by atoms with Crippen molar-refractivity contribution in [3.8, 4) is 0 Å². The summed E-state index contributed by atoms with van der Waals surface area (Å²) in [4.78, 5) is 21.0. The molecule has 1 unspecified atom stereocenters. The molecule has 1 heterocycles. The Morgan fingerprint density at radius 1 is 1.25 bits per heavy atom. The number of nitrogens with zero attached hydrogens (tertiary/aromatic N) is 1.